The van der Waals surface area contributed by atoms with E-state index < -0.39 is 17.6 Å². The number of alkyl halides is 3. The van der Waals surface area contributed by atoms with E-state index in [9.17, 15) is 18.0 Å². The Morgan fingerprint density at radius 3 is 2.61 bits per heavy atom. The largest absolute Gasteiger partial charge is 0.416 e. The number of hydrogen-bond donors (Lipinski definition) is 1. The molecule has 98 valence electrons. The summed E-state index contributed by atoms with van der Waals surface area (Å²) in [5.74, 6) is -0.539. The normalized spacial score (nSPS) is 12.4. The van der Waals surface area contributed by atoms with E-state index in [0.717, 1.165) is 18.6 Å². The highest BCUT2D eigenvalue weighted by atomic mass is 19.4. The third-order valence-electron chi connectivity index (χ3n) is 2.27. The van der Waals surface area contributed by atoms with Gasteiger partial charge < -0.3 is 5.32 Å². The lowest BCUT2D eigenvalue weighted by molar-refractivity contribution is -0.137. The molecule has 1 amide bonds. The predicted octanol–water partition coefficient (Wildman–Crippen LogP) is 3.75. The van der Waals surface area contributed by atoms with E-state index in [1.807, 2.05) is 6.92 Å². The van der Waals surface area contributed by atoms with E-state index in [-0.39, 0.29) is 5.56 Å². The van der Waals surface area contributed by atoms with Crippen LogP contribution in [0.1, 0.15) is 36.2 Å². The maximum atomic E-state index is 12.5. The summed E-state index contributed by atoms with van der Waals surface area (Å²) in [6.07, 6.45) is -1.91. The monoisotopic (exact) mass is 257 g/mol. The Kier molecular flexibility index (Phi) is 4.53. The van der Waals surface area contributed by atoms with E-state index >= 15 is 0 Å². The van der Waals surface area contributed by atoms with Crippen molar-refractivity contribution in [3.05, 3.63) is 47.2 Å². The number of allylic oxidation sites excluding steroid dienone is 2. The molecule has 2 nitrogen and oxygen atoms in total. The lowest BCUT2D eigenvalue weighted by Gasteiger charge is -2.09. The summed E-state index contributed by atoms with van der Waals surface area (Å²) in [5.41, 5.74) is -0.208. The molecule has 0 saturated heterocycles. The molecular weight excluding hydrogens is 243 g/mol. The Bertz CT molecular complexity index is 464. The van der Waals surface area contributed by atoms with E-state index in [2.05, 4.69) is 5.32 Å². The smallest absolute Gasteiger partial charge is 0.326 e. The molecule has 0 unspecified atom stereocenters. The molecular formula is C13H14F3NO. The van der Waals surface area contributed by atoms with Crippen LogP contribution in [0.15, 0.2) is 36.0 Å². The van der Waals surface area contributed by atoms with Gasteiger partial charge in [0.05, 0.1) is 5.56 Å². The van der Waals surface area contributed by atoms with Crippen LogP contribution in [0.25, 0.3) is 0 Å². The summed E-state index contributed by atoms with van der Waals surface area (Å²) >= 11 is 0. The van der Waals surface area contributed by atoms with Gasteiger partial charge in [0, 0.05) is 11.3 Å². The Morgan fingerprint density at radius 1 is 1.39 bits per heavy atom. The van der Waals surface area contributed by atoms with Crippen molar-refractivity contribution in [2.75, 3.05) is 0 Å². The molecule has 0 radical (unpaired) electrons. The standard InChI is InChI=1S/C13H14F3NO/c1-3-5-9(2)17-12(18)10-6-4-7-11(8-10)13(14,15)16/h4-8H,3H2,1-2H3,(H,17,18)/b9-5+. The van der Waals surface area contributed by atoms with Crippen LogP contribution in [-0.4, -0.2) is 5.91 Å². The molecule has 0 heterocycles. The second-order valence-electron chi connectivity index (χ2n) is 3.83. The lowest BCUT2D eigenvalue weighted by atomic mass is 10.1. The molecule has 0 aliphatic heterocycles. The van der Waals surface area contributed by atoms with Gasteiger partial charge in [-0.15, -0.1) is 0 Å². The van der Waals surface area contributed by atoms with Crippen molar-refractivity contribution >= 4 is 5.91 Å². The SMILES string of the molecule is CC/C=C(\C)NC(=O)c1cccc(C(F)(F)F)c1. The van der Waals surface area contributed by atoms with Gasteiger partial charge in [0.15, 0.2) is 0 Å². The van der Waals surface area contributed by atoms with Gasteiger partial charge in [-0.1, -0.05) is 19.1 Å². The molecule has 18 heavy (non-hydrogen) atoms. The predicted molar refractivity (Wildman–Crippen MR) is 63.0 cm³/mol. The van der Waals surface area contributed by atoms with Crippen LogP contribution in [0.3, 0.4) is 0 Å². The fourth-order valence-electron chi connectivity index (χ4n) is 1.45. The maximum Gasteiger partial charge on any atom is 0.416 e. The Hall–Kier alpha value is -1.78. The van der Waals surface area contributed by atoms with Crippen molar-refractivity contribution in [3.63, 3.8) is 0 Å². The third kappa shape index (κ3) is 3.91. The highest BCUT2D eigenvalue weighted by molar-refractivity contribution is 5.95. The quantitative estimate of drug-likeness (QED) is 0.877. The highest BCUT2D eigenvalue weighted by Gasteiger charge is 2.30. The molecule has 0 atom stereocenters. The summed E-state index contributed by atoms with van der Waals surface area (Å²) in [4.78, 5) is 11.7. The number of halogens is 3. The first kappa shape index (κ1) is 14.3. The summed E-state index contributed by atoms with van der Waals surface area (Å²) in [5, 5.41) is 2.53. The maximum absolute atomic E-state index is 12.5. The van der Waals surface area contributed by atoms with Gasteiger partial charge in [-0.2, -0.15) is 13.2 Å². The molecule has 0 aliphatic rings. The number of hydrogen-bond acceptors (Lipinski definition) is 1. The van der Waals surface area contributed by atoms with Gasteiger partial charge in [0.25, 0.3) is 5.91 Å². The molecule has 0 aliphatic carbocycles. The molecule has 0 aromatic heterocycles. The van der Waals surface area contributed by atoms with Crippen molar-refractivity contribution in [1.29, 1.82) is 0 Å². The van der Waals surface area contributed by atoms with E-state index in [1.165, 1.54) is 12.1 Å². The van der Waals surface area contributed by atoms with Gasteiger partial charge in [-0.3, -0.25) is 4.79 Å². The van der Waals surface area contributed by atoms with Crippen LogP contribution in [0, 0.1) is 0 Å². The minimum atomic E-state index is -4.44. The topological polar surface area (TPSA) is 29.1 Å². The Labute approximate surface area is 104 Å². The Morgan fingerprint density at radius 2 is 2.06 bits per heavy atom. The van der Waals surface area contributed by atoms with Gasteiger partial charge >= 0.3 is 6.18 Å². The van der Waals surface area contributed by atoms with Crippen LogP contribution in [0.4, 0.5) is 13.2 Å². The first-order chi connectivity index (χ1) is 8.34. The van der Waals surface area contributed by atoms with Crippen molar-refractivity contribution in [3.8, 4) is 0 Å². The number of rotatable bonds is 3. The van der Waals surface area contributed by atoms with Crippen molar-refractivity contribution in [2.24, 2.45) is 0 Å². The van der Waals surface area contributed by atoms with E-state index in [1.54, 1.807) is 13.0 Å². The van der Waals surface area contributed by atoms with Crippen molar-refractivity contribution < 1.29 is 18.0 Å². The summed E-state index contributed by atoms with van der Waals surface area (Å²) < 4.78 is 37.4. The number of amides is 1. The molecule has 1 N–H and O–H groups in total. The first-order valence-electron chi connectivity index (χ1n) is 5.50. The lowest BCUT2D eigenvalue weighted by Crippen LogP contribution is -2.21. The number of carbonyl (C=O) groups excluding carboxylic acids is 1. The molecule has 1 aromatic rings. The minimum absolute atomic E-state index is 0.00585. The molecule has 1 aromatic carbocycles. The number of benzene rings is 1. The average molecular weight is 257 g/mol. The third-order valence-corrected chi connectivity index (χ3v) is 2.27. The minimum Gasteiger partial charge on any atom is -0.326 e. The fourth-order valence-corrected chi connectivity index (χ4v) is 1.45. The summed E-state index contributed by atoms with van der Waals surface area (Å²) in [6.45, 7) is 3.59. The van der Waals surface area contributed by atoms with Crippen molar-refractivity contribution in [2.45, 2.75) is 26.4 Å². The van der Waals surface area contributed by atoms with Crippen LogP contribution in [0.2, 0.25) is 0 Å². The van der Waals surface area contributed by atoms with Gasteiger partial charge in [-0.25, -0.2) is 0 Å². The van der Waals surface area contributed by atoms with Crippen LogP contribution < -0.4 is 5.32 Å². The van der Waals surface area contributed by atoms with Crippen molar-refractivity contribution in [1.82, 2.24) is 5.32 Å². The van der Waals surface area contributed by atoms with E-state index in [4.69, 9.17) is 0 Å². The van der Waals surface area contributed by atoms with Gasteiger partial charge in [-0.05, 0) is 31.5 Å². The summed E-state index contributed by atoms with van der Waals surface area (Å²) in [6, 6.07) is 4.35. The zero-order valence-electron chi connectivity index (χ0n) is 10.1. The van der Waals surface area contributed by atoms with Crippen LogP contribution in [0.5, 0.6) is 0 Å². The molecule has 0 bridgehead atoms. The fraction of sp³-hybridized carbons (Fsp3) is 0.308. The Balaban J connectivity index is 2.91. The number of nitrogens with one attached hydrogen (secondary N) is 1. The van der Waals surface area contributed by atoms with Gasteiger partial charge in [0.2, 0.25) is 0 Å². The van der Waals surface area contributed by atoms with Crippen LogP contribution >= 0.6 is 0 Å². The average Bonchev–Trinajstić information content (AvgIpc) is 2.28. The van der Waals surface area contributed by atoms with E-state index in [0.29, 0.717) is 5.70 Å². The highest BCUT2D eigenvalue weighted by Crippen LogP contribution is 2.29. The molecule has 0 fully saturated rings. The zero-order chi connectivity index (χ0) is 13.8. The molecule has 5 heteroatoms. The molecule has 0 saturated carbocycles. The molecule has 0 spiro atoms. The van der Waals surface area contributed by atoms with Gasteiger partial charge in [0.1, 0.15) is 0 Å². The second-order valence-corrected chi connectivity index (χ2v) is 3.83. The zero-order valence-corrected chi connectivity index (χ0v) is 10.1. The molecule has 1 rings (SSSR count). The number of carbonyl (C=O) groups is 1. The second kappa shape index (κ2) is 5.71. The van der Waals surface area contributed by atoms with Crippen LogP contribution in [-0.2, 0) is 6.18 Å². The summed E-state index contributed by atoms with van der Waals surface area (Å²) in [7, 11) is 0. The first-order valence-corrected chi connectivity index (χ1v) is 5.50.